The van der Waals surface area contributed by atoms with Gasteiger partial charge in [0.25, 0.3) is 0 Å². The van der Waals surface area contributed by atoms with Gasteiger partial charge in [0, 0.05) is 17.5 Å². The van der Waals surface area contributed by atoms with Crippen LogP contribution in [0.1, 0.15) is 50.8 Å². The molecule has 1 aliphatic carbocycles. The highest BCUT2D eigenvalue weighted by atomic mass is 32.2. The van der Waals surface area contributed by atoms with E-state index in [4.69, 9.17) is 0 Å². The summed E-state index contributed by atoms with van der Waals surface area (Å²) in [5, 5.41) is 10.7. The molecule has 0 saturated heterocycles. The average molecular weight is 424 g/mol. The van der Waals surface area contributed by atoms with Crippen LogP contribution >= 0.6 is 0 Å². The highest BCUT2D eigenvalue weighted by Crippen LogP contribution is 2.35. The minimum Gasteiger partial charge on any atom is -0.334 e. The van der Waals surface area contributed by atoms with Crippen molar-refractivity contribution in [2.75, 3.05) is 0 Å². The maximum absolute atomic E-state index is 12.7. The van der Waals surface area contributed by atoms with Gasteiger partial charge in [-0.1, -0.05) is 11.6 Å². The van der Waals surface area contributed by atoms with Crippen molar-refractivity contribution in [3.05, 3.63) is 41.7 Å². The average Bonchev–Trinajstić information content (AvgIpc) is 3.49. The smallest absolute Gasteiger partial charge is 0.243 e. The summed E-state index contributed by atoms with van der Waals surface area (Å²) >= 11 is 0. The molecule has 0 spiro atoms. The number of nitriles is 1. The van der Waals surface area contributed by atoms with Crippen LogP contribution in [0.15, 0.2) is 35.5 Å². The molecule has 8 heteroatoms. The first-order valence-electron chi connectivity index (χ1n) is 10.1. The number of nitrogens with zero attached hydrogens (tertiary/aromatic N) is 4. The molecular formula is C22H25N5O2S. The van der Waals surface area contributed by atoms with E-state index in [9.17, 15) is 13.7 Å². The van der Waals surface area contributed by atoms with Crippen LogP contribution in [0.4, 0.5) is 0 Å². The first-order chi connectivity index (χ1) is 14.2. The predicted molar refractivity (Wildman–Crippen MR) is 115 cm³/mol. The SMILES string of the molecule is Cc1ccc2c(c1)c(C#N)c(-c1ncc(S(=O)(=O)N[C@@H](C)C3CC3)cn1)n2C(C)C. The quantitative estimate of drug-likeness (QED) is 0.647. The van der Waals surface area contributed by atoms with E-state index in [-0.39, 0.29) is 17.0 Å². The standard InChI is InChI=1S/C22H25N5O2S/c1-13(2)27-20-8-5-14(3)9-18(20)19(10-23)21(27)22-24-11-17(12-25-22)30(28,29)26-15(4)16-6-7-16/h5,8-9,11-13,15-16,26H,6-7H2,1-4H3/t15-/m0/s1. The Morgan fingerprint density at radius 3 is 2.43 bits per heavy atom. The van der Waals surface area contributed by atoms with Gasteiger partial charge in [0.05, 0.1) is 23.5 Å². The van der Waals surface area contributed by atoms with Crippen LogP contribution in [0.25, 0.3) is 22.4 Å². The largest absolute Gasteiger partial charge is 0.334 e. The number of benzene rings is 1. The van der Waals surface area contributed by atoms with Gasteiger partial charge in [-0.15, -0.1) is 0 Å². The molecule has 2 aromatic heterocycles. The fraction of sp³-hybridized carbons (Fsp3) is 0.409. The van der Waals surface area contributed by atoms with Crippen LogP contribution in [0.2, 0.25) is 0 Å². The lowest BCUT2D eigenvalue weighted by molar-refractivity contribution is 0.537. The third-order valence-electron chi connectivity index (χ3n) is 5.61. The molecule has 1 saturated carbocycles. The first kappa shape index (κ1) is 20.5. The van der Waals surface area contributed by atoms with Crippen molar-refractivity contribution in [2.45, 2.75) is 57.5 Å². The highest BCUT2D eigenvalue weighted by molar-refractivity contribution is 7.89. The van der Waals surface area contributed by atoms with E-state index in [1.165, 1.54) is 12.4 Å². The van der Waals surface area contributed by atoms with Gasteiger partial charge in [-0.25, -0.2) is 23.1 Å². The van der Waals surface area contributed by atoms with E-state index in [1.54, 1.807) is 0 Å². The number of sulfonamides is 1. The number of hydrogen-bond acceptors (Lipinski definition) is 5. The monoisotopic (exact) mass is 423 g/mol. The summed E-state index contributed by atoms with van der Waals surface area (Å²) < 4.78 is 30.0. The number of aryl methyl sites for hydroxylation is 1. The molecule has 4 rings (SSSR count). The molecule has 156 valence electrons. The van der Waals surface area contributed by atoms with Crippen molar-refractivity contribution >= 4 is 20.9 Å². The molecule has 0 unspecified atom stereocenters. The Hall–Kier alpha value is -2.76. The van der Waals surface area contributed by atoms with Crippen molar-refractivity contribution in [2.24, 2.45) is 5.92 Å². The zero-order chi connectivity index (χ0) is 21.6. The fourth-order valence-corrected chi connectivity index (χ4v) is 5.08. The van der Waals surface area contributed by atoms with Gasteiger partial charge in [-0.2, -0.15) is 5.26 Å². The third kappa shape index (κ3) is 3.59. The zero-order valence-corrected chi connectivity index (χ0v) is 18.4. The molecule has 2 heterocycles. The molecule has 1 aliphatic rings. The molecule has 0 aliphatic heterocycles. The van der Waals surface area contributed by atoms with Crippen LogP contribution in [-0.4, -0.2) is 29.0 Å². The summed E-state index contributed by atoms with van der Waals surface area (Å²) in [4.78, 5) is 8.73. The Bertz CT molecular complexity index is 1250. The summed E-state index contributed by atoms with van der Waals surface area (Å²) in [7, 11) is -3.68. The van der Waals surface area contributed by atoms with E-state index in [0.717, 1.165) is 29.3 Å². The number of rotatable bonds is 6. The first-order valence-corrected chi connectivity index (χ1v) is 11.6. The number of fused-ring (bicyclic) bond motifs is 1. The van der Waals surface area contributed by atoms with Gasteiger partial charge in [0.1, 0.15) is 16.7 Å². The molecule has 0 bridgehead atoms. The minimum absolute atomic E-state index is 0.0281. The molecule has 30 heavy (non-hydrogen) atoms. The van der Waals surface area contributed by atoms with Gasteiger partial charge in [0.15, 0.2) is 5.82 Å². The Morgan fingerprint density at radius 2 is 1.87 bits per heavy atom. The second kappa shape index (κ2) is 7.49. The van der Waals surface area contributed by atoms with E-state index >= 15 is 0 Å². The molecule has 1 aromatic carbocycles. The molecule has 1 atom stereocenters. The number of aromatic nitrogens is 3. The van der Waals surface area contributed by atoms with E-state index in [2.05, 4.69) is 20.8 Å². The molecule has 0 radical (unpaired) electrons. The van der Waals surface area contributed by atoms with Crippen molar-refractivity contribution in [1.82, 2.24) is 19.3 Å². The van der Waals surface area contributed by atoms with E-state index < -0.39 is 10.0 Å². The van der Waals surface area contributed by atoms with Gasteiger partial charge in [-0.05, 0) is 58.6 Å². The summed E-state index contributed by atoms with van der Waals surface area (Å²) in [5.41, 5.74) is 3.10. The Labute approximate surface area is 176 Å². The maximum Gasteiger partial charge on any atom is 0.243 e. The summed E-state index contributed by atoms with van der Waals surface area (Å²) in [6.45, 7) is 7.93. The van der Waals surface area contributed by atoms with Crippen LogP contribution in [0, 0.1) is 24.2 Å². The van der Waals surface area contributed by atoms with Crippen LogP contribution in [0.5, 0.6) is 0 Å². The third-order valence-corrected chi connectivity index (χ3v) is 7.12. The second-order valence-corrected chi connectivity index (χ2v) is 10.0. The van der Waals surface area contributed by atoms with Gasteiger partial charge >= 0.3 is 0 Å². The fourth-order valence-electron chi connectivity index (χ4n) is 3.88. The van der Waals surface area contributed by atoms with E-state index in [1.807, 2.05) is 50.5 Å². The lowest BCUT2D eigenvalue weighted by atomic mass is 10.1. The normalized spacial score (nSPS) is 15.5. The molecule has 7 nitrogen and oxygen atoms in total. The van der Waals surface area contributed by atoms with Crippen LogP contribution in [0.3, 0.4) is 0 Å². The van der Waals surface area contributed by atoms with Gasteiger partial charge in [0.2, 0.25) is 10.0 Å². The van der Waals surface area contributed by atoms with Gasteiger partial charge < -0.3 is 4.57 Å². The summed E-state index contributed by atoms with van der Waals surface area (Å²) in [6, 6.07) is 8.25. The molecular weight excluding hydrogens is 398 g/mol. The second-order valence-electron chi connectivity index (χ2n) is 8.31. The predicted octanol–water partition coefficient (Wildman–Crippen LogP) is 3.94. The minimum atomic E-state index is -3.68. The molecule has 3 aromatic rings. The maximum atomic E-state index is 12.7. The van der Waals surface area contributed by atoms with Crippen molar-refractivity contribution in [1.29, 1.82) is 5.26 Å². The zero-order valence-electron chi connectivity index (χ0n) is 17.5. The van der Waals surface area contributed by atoms with Crippen LogP contribution in [-0.2, 0) is 10.0 Å². The number of hydrogen-bond donors (Lipinski definition) is 1. The van der Waals surface area contributed by atoms with Gasteiger partial charge in [-0.3, -0.25) is 0 Å². The van der Waals surface area contributed by atoms with Crippen LogP contribution < -0.4 is 4.72 Å². The Balaban J connectivity index is 1.79. The highest BCUT2D eigenvalue weighted by Gasteiger charge is 2.31. The molecule has 1 N–H and O–H groups in total. The van der Waals surface area contributed by atoms with Crippen molar-refractivity contribution < 1.29 is 8.42 Å². The lowest BCUT2D eigenvalue weighted by Gasteiger charge is -2.15. The molecule has 1 fully saturated rings. The van der Waals surface area contributed by atoms with Crippen molar-refractivity contribution in [3.8, 4) is 17.6 Å². The summed E-state index contributed by atoms with van der Waals surface area (Å²) in [5.74, 6) is 0.742. The topological polar surface area (TPSA) is 101 Å². The molecule has 0 amide bonds. The Kier molecular flexibility index (Phi) is 5.12. The van der Waals surface area contributed by atoms with E-state index in [0.29, 0.717) is 23.0 Å². The summed E-state index contributed by atoms with van der Waals surface area (Å²) in [6.07, 6.45) is 4.74. The number of nitrogens with one attached hydrogen (secondary N) is 1. The Morgan fingerprint density at radius 1 is 1.20 bits per heavy atom. The lowest BCUT2D eigenvalue weighted by Crippen LogP contribution is -2.34. The van der Waals surface area contributed by atoms with Crippen molar-refractivity contribution in [3.63, 3.8) is 0 Å².